The van der Waals surface area contributed by atoms with Gasteiger partial charge in [0.1, 0.15) is 0 Å². The second kappa shape index (κ2) is 9.28. The van der Waals surface area contributed by atoms with E-state index in [0.717, 1.165) is 43.5 Å². The van der Waals surface area contributed by atoms with Gasteiger partial charge in [-0.3, -0.25) is 4.99 Å². The van der Waals surface area contributed by atoms with Crippen molar-refractivity contribution in [1.82, 2.24) is 15.5 Å². The highest BCUT2D eigenvalue weighted by molar-refractivity contribution is 5.79. The van der Waals surface area contributed by atoms with Gasteiger partial charge in [0.15, 0.2) is 17.5 Å². The minimum Gasteiger partial charge on any atom is -0.454 e. The third kappa shape index (κ3) is 5.62. The van der Waals surface area contributed by atoms with Crippen LogP contribution in [-0.2, 0) is 19.5 Å². The highest BCUT2D eigenvalue weighted by atomic mass is 16.7. The van der Waals surface area contributed by atoms with Crippen LogP contribution in [0.5, 0.6) is 11.5 Å². The summed E-state index contributed by atoms with van der Waals surface area (Å²) >= 11 is 0. The van der Waals surface area contributed by atoms with E-state index in [4.69, 9.17) is 9.47 Å². The molecule has 2 aromatic carbocycles. The van der Waals surface area contributed by atoms with Gasteiger partial charge in [-0.25, -0.2) is 0 Å². The summed E-state index contributed by atoms with van der Waals surface area (Å²) in [7, 11) is 5.94. The second-order valence-electron chi connectivity index (χ2n) is 6.84. The molecular weight excluding hydrogens is 340 g/mol. The fourth-order valence-corrected chi connectivity index (χ4v) is 2.96. The summed E-state index contributed by atoms with van der Waals surface area (Å²) in [5.41, 5.74) is 3.75. The molecule has 1 heterocycles. The minimum absolute atomic E-state index is 0.309. The molecule has 0 aromatic heterocycles. The van der Waals surface area contributed by atoms with E-state index in [-0.39, 0.29) is 0 Å². The van der Waals surface area contributed by atoms with Gasteiger partial charge < -0.3 is 25.0 Å². The van der Waals surface area contributed by atoms with E-state index in [1.165, 1.54) is 16.7 Å². The highest BCUT2D eigenvalue weighted by Crippen LogP contribution is 2.32. The minimum atomic E-state index is 0.309. The zero-order valence-corrected chi connectivity index (χ0v) is 16.3. The summed E-state index contributed by atoms with van der Waals surface area (Å²) in [4.78, 5) is 6.46. The fraction of sp³-hybridized carbons (Fsp3) is 0.381. The van der Waals surface area contributed by atoms with E-state index in [1.54, 1.807) is 7.05 Å². The lowest BCUT2D eigenvalue weighted by Gasteiger charge is -2.13. The van der Waals surface area contributed by atoms with Crippen molar-refractivity contribution >= 4 is 5.96 Å². The van der Waals surface area contributed by atoms with E-state index in [1.807, 2.05) is 12.1 Å². The van der Waals surface area contributed by atoms with Gasteiger partial charge >= 0.3 is 0 Å². The molecule has 6 heteroatoms. The number of guanidine groups is 1. The Kier molecular flexibility index (Phi) is 6.54. The summed E-state index contributed by atoms with van der Waals surface area (Å²) in [6.07, 6.45) is 0.885. The molecule has 0 spiro atoms. The quantitative estimate of drug-likeness (QED) is 0.581. The van der Waals surface area contributed by atoms with Crippen LogP contribution in [0.4, 0.5) is 0 Å². The molecule has 0 bridgehead atoms. The normalized spacial score (nSPS) is 13.1. The van der Waals surface area contributed by atoms with Crippen molar-refractivity contribution in [3.8, 4) is 11.5 Å². The van der Waals surface area contributed by atoms with Crippen LogP contribution in [-0.4, -0.2) is 45.3 Å². The molecule has 0 unspecified atom stereocenters. The average molecular weight is 368 g/mol. The first-order chi connectivity index (χ1) is 13.1. The maximum Gasteiger partial charge on any atom is 0.231 e. The summed E-state index contributed by atoms with van der Waals surface area (Å²) in [5, 5.41) is 6.71. The van der Waals surface area contributed by atoms with E-state index >= 15 is 0 Å². The van der Waals surface area contributed by atoms with Crippen LogP contribution in [0.25, 0.3) is 0 Å². The van der Waals surface area contributed by atoms with Gasteiger partial charge in [-0.05, 0) is 49.3 Å². The molecule has 0 radical (unpaired) electrons. The lowest BCUT2D eigenvalue weighted by Crippen LogP contribution is -2.37. The number of fused-ring (bicyclic) bond motifs is 1. The van der Waals surface area contributed by atoms with Gasteiger partial charge in [0.2, 0.25) is 6.79 Å². The first-order valence-corrected chi connectivity index (χ1v) is 9.19. The molecule has 0 aliphatic carbocycles. The fourth-order valence-electron chi connectivity index (χ4n) is 2.96. The molecule has 6 nitrogen and oxygen atoms in total. The van der Waals surface area contributed by atoms with Crippen LogP contribution in [0.1, 0.15) is 16.7 Å². The van der Waals surface area contributed by atoms with Crippen LogP contribution in [0.15, 0.2) is 47.5 Å². The Balaban J connectivity index is 1.43. The largest absolute Gasteiger partial charge is 0.454 e. The standard InChI is InChI=1S/C21H28N4O2/c1-22-21(24-13-17-4-6-18(7-5-17)14-25(2)3)23-11-10-16-8-9-19-20(12-16)27-15-26-19/h4-9,12H,10-11,13-15H2,1-3H3,(H2,22,23,24). The molecule has 27 heavy (non-hydrogen) atoms. The summed E-state index contributed by atoms with van der Waals surface area (Å²) < 4.78 is 10.8. The Labute approximate surface area is 161 Å². The molecule has 0 atom stereocenters. The van der Waals surface area contributed by atoms with Crippen molar-refractivity contribution in [2.45, 2.75) is 19.5 Å². The second-order valence-corrected chi connectivity index (χ2v) is 6.84. The topological polar surface area (TPSA) is 58.1 Å². The summed E-state index contributed by atoms with van der Waals surface area (Å²) in [6, 6.07) is 14.7. The summed E-state index contributed by atoms with van der Waals surface area (Å²) in [5.74, 6) is 2.45. The molecule has 1 aliphatic rings. The van der Waals surface area contributed by atoms with Crippen LogP contribution < -0.4 is 20.1 Å². The number of benzene rings is 2. The van der Waals surface area contributed by atoms with Crippen molar-refractivity contribution in [3.05, 3.63) is 59.2 Å². The predicted molar refractivity (Wildman–Crippen MR) is 108 cm³/mol. The van der Waals surface area contributed by atoms with Gasteiger partial charge in [0.25, 0.3) is 0 Å². The van der Waals surface area contributed by atoms with Gasteiger partial charge in [-0.2, -0.15) is 0 Å². The van der Waals surface area contributed by atoms with Crippen molar-refractivity contribution < 1.29 is 9.47 Å². The molecular formula is C21H28N4O2. The van der Waals surface area contributed by atoms with E-state index in [2.05, 4.69) is 65.0 Å². The van der Waals surface area contributed by atoms with Crippen LogP contribution in [0.3, 0.4) is 0 Å². The van der Waals surface area contributed by atoms with Gasteiger partial charge in [0.05, 0.1) is 0 Å². The zero-order chi connectivity index (χ0) is 19.1. The number of hydrogen-bond acceptors (Lipinski definition) is 4. The molecule has 144 valence electrons. The zero-order valence-electron chi connectivity index (χ0n) is 16.3. The monoisotopic (exact) mass is 368 g/mol. The van der Waals surface area contributed by atoms with Crippen molar-refractivity contribution in [2.24, 2.45) is 4.99 Å². The first-order valence-electron chi connectivity index (χ1n) is 9.19. The molecule has 2 aromatic rings. The molecule has 0 saturated heterocycles. The molecule has 0 fully saturated rings. The van der Waals surface area contributed by atoms with Gasteiger partial charge in [-0.15, -0.1) is 0 Å². The lowest BCUT2D eigenvalue weighted by atomic mass is 10.1. The smallest absolute Gasteiger partial charge is 0.231 e. The molecule has 2 N–H and O–H groups in total. The Morgan fingerprint density at radius 2 is 1.67 bits per heavy atom. The maximum absolute atomic E-state index is 5.42. The molecule has 1 aliphatic heterocycles. The average Bonchev–Trinajstić information content (AvgIpc) is 3.13. The number of ether oxygens (including phenoxy) is 2. The predicted octanol–water partition coefficient (Wildman–Crippen LogP) is 2.38. The van der Waals surface area contributed by atoms with Crippen LogP contribution in [0.2, 0.25) is 0 Å². The number of rotatable bonds is 7. The van der Waals surface area contributed by atoms with E-state index < -0.39 is 0 Å². The number of nitrogens with one attached hydrogen (secondary N) is 2. The van der Waals surface area contributed by atoms with Crippen LogP contribution >= 0.6 is 0 Å². The lowest BCUT2D eigenvalue weighted by molar-refractivity contribution is 0.174. The van der Waals surface area contributed by atoms with E-state index in [0.29, 0.717) is 6.79 Å². The van der Waals surface area contributed by atoms with Gasteiger partial charge in [-0.1, -0.05) is 30.3 Å². The van der Waals surface area contributed by atoms with Crippen molar-refractivity contribution in [1.29, 1.82) is 0 Å². The summed E-state index contributed by atoms with van der Waals surface area (Å²) in [6.45, 7) is 2.80. The van der Waals surface area contributed by atoms with Gasteiger partial charge in [0, 0.05) is 26.7 Å². The Morgan fingerprint density at radius 1 is 0.963 bits per heavy atom. The Bertz CT molecular complexity index is 772. The number of nitrogens with zero attached hydrogens (tertiary/aromatic N) is 2. The van der Waals surface area contributed by atoms with E-state index in [9.17, 15) is 0 Å². The number of aliphatic imine (C=N–C) groups is 1. The SMILES string of the molecule is CN=C(NCCc1ccc2c(c1)OCO2)NCc1ccc(CN(C)C)cc1. The number of hydrogen-bond donors (Lipinski definition) is 2. The third-order valence-electron chi connectivity index (χ3n) is 4.35. The molecule has 0 amide bonds. The third-order valence-corrected chi connectivity index (χ3v) is 4.35. The highest BCUT2D eigenvalue weighted by Gasteiger charge is 2.12. The maximum atomic E-state index is 5.42. The molecule has 0 saturated carbocycles. The van der Waals surface area contributed by atoms with Crippen molar-refractivity contribution in [3.63, 3.8) is 0 Å². The molecule has 3 rings (SSSR count). The Morgan fingerprint density at radius 3 is 2.41 bits per heavy atom. The van der Waals surface area contributed by atoms with Crippen molar-refractivity contribution in [2.75, 3.05) is 34.5 Å². The first kappa shape index (κ1) is 19.0. The van der Waals surface area contributed by atoms with Crippen LogP contribution in [0, 0.1) is 0 Å². The Hall–Kier alpha value is -2.73.